The molecule has 0 saturated carbocycles. The van der Waals surface area contributed by atoms with E-state index in [-0.39, 0.29) is 0 Å². The summed E-state index contributed by atoms with van der Waals surface area (Å²) in [5, 5.41) is 7.98. The number of nitrogens with zero attached hydrogens (tertiary/aromatic N) is 3. The first-order chi connectivity index (χ1) is 7.92. The number of hydrogen-bond donors (Lipinski definition) is 0. The average Bonchev–Trinajstić information content (AvgIpc) is 2.99. The highest BCUT2D eigenvalue weighted by molar-refractivity contribution is 5.42. The van der Waals surface area contributed by atoms with E-state index >= 15 is 0 Å². The molecule has 0 radical (unpaired) electrons. The molecule has 0 aliphatic carbocycles. The van der Waals surface area contributed by atoms with Gasteiger partial charge in [0.2, 0.25) is 5.89 Å². The Labute approximate surface area is 93.1 Å². The van der Waals surface area contributed by atoms with E-state index < -0.39 is 0 Å². The zero-order valence-electron chi connectivity index (χ0n) is 8.93. The first kappa shape index (κ1) is 9.59. The van der Waals surface area contributed by atoms with Gasteiger partial charge in [0, 0.05) is 0 Å². The highest BCUT2D eigenvalue weighted by Crippen LogP contribution is 2.19. The molecule has 0 bridgehead atoms. The van der Waals surface area contributed by atoms with Crippen LogP contribution in [-0.4, -0.2) is 28.2 Å². The molecule has 0 atom stereocenters. The van der Waals surface area contributed by atoms with Gasteiger partial charge in [0.25, 0.3) is 5.89 Å². The van der Waals surface area contributed by atoms with Gasteiger partial charge in [-0.05, 0) is 38.1 Å². The lowest BCUT2D eigenvalue weighted by molar-refractivity contribution is 0.291. The molecular weight excluding hydrogens is 206 g/mol. The lowest BCUT2D eigenvalue weighted by atomic mass is 10.4. The van der Waals surface area contributed by atoms with Gasteiger partial charge >= 0.3 is 0 Å². The van der Waals surface area contributed by atoms with E-state index in [1.807, 2.05) is 6.07 Å². The fourth-order valence-electron chi connectivity index (χ4n) is 1.95. The maximum Gasteiger partial charge on any atom is 0.283 e. The van der Waals surface area contributed by atoms with Crippen LogP contribution in [-0.2, 0) is 6.54 Å². The van der Waals surface area contributed by atoms with Crippen molar-refractivity contribution in [3.05, 3.63) is 24.3 Å². The fourth-order valence-corrected chi connectivity index (χ4v) is 1.95. The van der Waals surface area contributed by atoms with Gasteiger partial charge in [-0.1, -0.05) is 0 Å². The summed E-state index contributed by atoms with van der Waals surface area (Å²) in [4.78, 5) is 2.32. The number of hydrogen-bond acceptors (Lipinski definition) is 5. The third-order valence-electron chi connectivity index (χ3n) is 2.76. The first-order valence-electron chi connectivity index (χ1n) is 5.50. The lowest BCUT2D eigenvalue weighted by Gasteiger charge is -2.10. The molecule has 2 aromatic heterocycles. The van der Waals surface area contributed by atoms with Crippen LogP contribution in [0.4, 0.5) is 0 Å². The van der Waals surface area contributed by atoms with Gasteiger partial charge in [0.1, 0.15) is 0 Å². The van der Waals surface area contributed by atoms with E-state index in [4.69, 9.17) is 8.83 Å². The Bertz CT molecular complexity index is 444. The molecule has 84 valence electrons. The number of likely N-dealkylation sites (tertiary alicyclic amines) is 1. The molecule has 5 heteroatoms. The average molecular weight is 219 g/mol. The minimum absolute atomic E-state index is 0.458. The van der Waals surface area contributed by atoms with E-state index in [9.17, 15) is 0 Å². The summed E-state index contributed by atoms with van der Waals surface area (Å²) in [5.74, 6) is 1.74. The van der Waals surface area contributed by atoms with Crippen molar-refractivity contribution >= 4 is 0 Å². The third-order valence-corrected chi connectivity index (χ3v) is 2.76. The smallest absolute Gasteiger partial charge is 0.283 e. The van der Waals surface area contributed by atoms with Gasteiger partial charge in [0.15, 0.2) is 5.76 Å². The summed E-state index contributed by atoms with van der Waals surface area (Å²) in [6.45, 7) is 2.99. The third kappa shape index (κ3) is 1.86. The molecule has 16 heavy (non-hydrogen) atoms. The topological polar surface area (TPSA) is 55.3 Å². The maximum absolute atomic E-state index is 5.53. The van der Waals surface area contributed by atoms with E-state index in [0.717, 1.165) is 19.6 Å². The summed E-state index contributed by atoms with van der Waals surface area (Å²) in [5.41, 5.74) is 0. The SMILES string of the molecule is c1coc(-c2nnc(CN3CCCC3)o2)c1. The fraction of sp³-hybridized carbons (Fsp3) is 0.455. The molecule has 3 rings (SSSR count). The van der Waals surface area contributed by atoms with Crippen molar-refractivity contribution in [3.8, 4) is 11.7 Å². The number of furan rings is 1. The van der Waals surface area contributed by atoms with Crippen LogP contribution in [0, 0.1) is 0 Å². The molecule has 0 amide bonds. The Hall–Kier alpha value is -1.62. The van der Waals surface area contributed by atoms with E-state index in [0.29, 0.717) is 17.5 Å². The van der Waals surface area contributed by atoms with E-state index in [2.05, 4.69) is 15.1 Å². The summed E-state index contributed by atoms with van der Waals surface area (Å²) in [7, 11) is 0. The molecule has 1 aliphatic rings. The van der Waals surface area contributed by atoms with Crippen LogP contribution < -0.4 is 0 Å². The van der Waals surface area contributed by atoms with Crippen LogP contribution in [0.1, 0.15) is 18.7 Å². The van der Waals surface area contributed by atoms with Crippen molar-refractivity contribution in [1.29, 1.82) is 0 Å². The highest BCUT2D eigenvalue weighted by atomic mass is 16.4. The quantitative estimate of drug-likeness (QED) is 0.789. The minimum Gasteiger partial charge on any atom is -0.459 e. The molecule has 2 aromatic rings. The monoisotopic (exact) mass is 219 g/mol. The van der Waals surface area contributed by atoms with Gasteiger partial charge in [-0.15, -0.1) is 10.2 Å². The second-order valence-electron chi connectivity index (χ2n) is 3.96. The van der Waals surface area contributed by atoms with Crippen LogP contribution in [0.5, 0.6) is 0 Å². The van der Waals surface area contributed by atoms with Crippen LogP contribution in [0.2, 0.25) is 0 Å². The predicted molar refractivity (Wildman–Crippen MR) is 56.5 cm³/mol. The lowest BCUT2D eigenvalue weighted by Crippen LogP contribution is -2.18. The molecule has 0 N–H and O–H groups in total. The van der Waals surface area contributed by atoms with Gasteiger partial charge in [-0.25, -0.2) is 0 Å². The molecule has 5 nitrogen and oxygen atoms in total. The molecular formula is C11H13N3O2. The Morgan fingerprint density at radius 3 is 2.88 bits per heavy atom. The van der Waals surface area contributed by atoms with Crippen molar-refractivity contribution in [2.45, 2.75) is 19.4 Å². The molecule has 3 heterocycles. The molecule has 1 aliphatic heterocycles. The van der Waals surface area contributed by atoms with Crippen molar-refractivity contribution in [1.82, 2.24) is 15.1 Å². The molecule has 0 aromatic carbocycles. The first-order valence-corrected chi connectivity index (χ1v) is 5.50. The second-order valence-corrected chi connectivity index (χ2v) is 3.96. The van der Waals surface area contributed by atoms with Gasteiger partial charge in [-0.2, -0.15) is 0 Å². The zero-order valence-corrected chi connectivity index (χ0v) is 8.93. The maximum atomic E-state index is 5.53. The van der Waals surface area contributed by atoms with Crippen LogP contribution in [0.15, 0.2) is 27.2 Å². The van der Waals surface area contributed by atoms with Crippen molar-refractivity contribution < 1.29 is 8.83 Å². The van der Waals surface area contributed by atoms with Crippen molar-refractivity contribution in [2.24, 2.45) is 0 Å². The van der Waals surface area contributed by atoms with E-state index in [1.165, 1.54) is 12.8 Å². The predicted octanol–water partition coefficient (Wildman–Crippen LogP) is 1.93. The molecule has 1 fully saturated rings. The van der Waals surface area contributed by atoms with Crippen LogP contribution in [0.3, 0.4) is 0 Å². The standard InChI is InChI=1S/C11H13N3O2/c1-2-6-14(5-1)8-10-12-13-11(16-10)9-4-3-7-15-9/h3-4,7H,1-2,5-6,8H2. The second kappa shape index (κ2) is 4.09. The minimum atomic E-state index is 0.458. The Morgan fingerprint density at radius 1 is 1.25 bits per heavy atom. The Morgan fingerprint density at radius 2 is 2.12 bits per heavy atom. The Balaban J connectivity index is 1.72. The summed E-state index contributed by atoms with van der Waals surface area (Å²) >= 11 is 0. The Kier molecular flexibility index (Phi) is 2.46. The number of rotatable bonds is 3. The largest absolute Gasteiger partial charge is 0.459 e. The summed E-state index contributed by atoms with van der Waals surface area (Å²) in [6.07, 6.45) is 4.12. The van der Waals surface area contributed by atoms with E-state index in [1.54, 1.807) is 12.3 Å². The molecule has 1 saturated heterocycles. The van der Waals surface area contributed by atoms with Gasteiger partial charge < -0.3 is 8.83 Å². The highest BCUT2D eigenvalue weighted by Gasteiger charge is 2.16. The summed E-state index contributed by atoms with van der Waals surface area (Å²) < 4.78 is 10.7. The normalized spacial score (nSPS) is 17.0. The van der Waals surface area contributed by atoms with Gasteiger partial charge in [0.05, 0.1) is 12.8 Å². The van der Waals surface area contributed by atoms with Crippen LogP contribution >= 0.6 is 0 Å². The zero-order chi connectivity index (χ0) is 10.8. The van der Waals surface area contributed by atoms with Crippen molar-refractivity contribution in [2.75, 3.05) is 13.1 Å². The van der Waals surface area contributed by atoms with Crippen molar-refractivity contribution in [3.63, 3.8) is 0 Å². The molecule has 0 spiro atoms. The van der Waals surface area contributed by atoms with Gasteiger partial charge in [-0.3, -0.25) is 4.90 Å². The number of aromatic nitrogens is 2. The molecule has 0 unspecified atom stereocenters. The summed E-state index contributed by atoms with van der Waals surface area (Å²) in [6, 6.07) is 3.62. The van der Waals surface area contributed by atoms with Crippen LogP contribution in [0.25, 0.3) is 11.7 Å².